The molecule has 0 fully saturated rings. The van der Waals surface area contributed by atoms with Gasteiger partial charge in [-0.25, -0.2) is 4.98 Å². The second-order valence-corrected chi connectivity index (χ2v) is 8.90. The van der Waals surface area contributed by atoms with Crippen molar-refractivity contribution in [2.24, 2.45) is 0 Å². The minimum Gasteiger partial charge on any atom is -0.503 e. The number of aromatic nitrogens is 2. The smallest absolute Gasteiger partial charge is 0.290 e. The second kappa shape index (κ2) is 10.6. The van der Waals surface area contributed by atoms with Crippen molar-refractivity contribution >= 4 is 11.7 Å². The van der Waals surface area contributed by atoms with E-state index in [4.69, 9.17) is 9.15 Å². The number of nitrogens with zero attached hydrogens (tertiary/aromatic N) is 3. The number of benzene rings is 2. The molecule has 1 aliphatic rings. The Bertz CT molecular complexity index is 1420. The van der Waals surface area contributed by atoms with Crippen LogP contribution in [-0.2, 0) is 17.9 Å². The number of aliphatic hydroxyl groups is 1. The second-order valence-electron chi connectivity index (χ2n) is 8.90. The van der Waals surface area contributed by atoms with E-state index < -0.39 is 23.5 Å². The van der Waals surface area contributed by atoms with E-state index >= 15 is 0 Å². The molecule has 4 aromatic rings. The van der Waals surface area contributed by atoms with Crippen molar-refractivity contribution in [1.82, 2.24) is 14.5 Å². The molecule has 0 saturated carbocycles. The molecule has 3 heterocycles. The lowest BCUT2D eigenvalue weighted by atomic mass is 9.95. The lowest BCUT2D eigenvalue weighted by molar-refractivity contribution is -0.129. The summed E-state index contributed by atoms with van der Waals surface area (Å²) in [5.74, 6) is -0.414. The molecule has 2 aromatic carbocycles. The lowest BCUT2D eigenvalue weighted by Crippen LogP contribution is -2.32. The van der Waals surface area contributed by atoms with Crippen LogP contribution in [0.3, 0.4) is 0 Å². The Hall–Kier alpha value is -4.59. The van der Waals surface area contributed by atoms with Crippen LogP contribution in [0.15, 0.2) is 101 Å². The zero-order valence-corrected chi connectivity index (χ0v) is 20.4. The topological polar surface area (TPSA) is 97.8 Å². The highest BCUT2D eigenvalue weighted by atomic mass is 16.5. The summed E-state index contributed by atoms with van der Waals surface area (Å²) in [6, 6.07) is 19.5. The monoisotopic (exact) mass is 497 g/mol. The van der Waals surface area contributed by atoms with Crippen LogP contribution in [0.25, 0.3) is 0 Å². The Balaban J connectivity index is 1.44. The number of carbonyl (C=O) groups excluding carboxylic acids is 2. The van der Waals surface area contributed by atoms with Gasteiger partial charge < -0.3 is 23.7 Å². The summed E-state index contributed by atoms with van der Waals surface area (Å²) >= 11 is 0. The van der Waals surface area contributed by atoms with Gasteiger partial charge >= 0.3 is 0 Å². The highest BCUT2D eigenvalue weighted by molar-refractivity contribution is 6.15. The van der Waals surface area contributed by atoms with Gasteiger partial charge in [0.15, 0.2) is 11.5 Å². The van der Waals surface area contributed by atoms with Crippen molar-refractivity contribution in [3.63, 3.8) is 0 Å². The van der Waals surface area contributed by atoms with Gasteiger partial charge in [-0.2, -0.15) is 0 Å². The number of hydrogen-bond acceptors (Lipinski definition) is 6. The molecule has 5 rings (SSSR count). The summed E-state index contributed by atoms with van der Waals surface area (Å²) < 4.78 is 13.5. The summed E-state index contributed by atoms with van der Waals surface area (Å²) in [5.41, 5.74) is 1.69. The molecule has 0 saturated heterocycles. The number of aliphatic hydroxyl groups excluding tert-OH is 1. The molecule has 0 spiro atoms. The third-order valence-electron chi connectivity index (χ3n) is 6.31. The lowest BCUT2D eigenvalue weighted by Gasteiger charge is -2.27. The number of furan rings is 1. The predicted octanol–water partition coefficient (Wildman–Crippen LogP) is 5.03. The zero-order valence-electron chi connectivity index (χ0n) is 20.4. The third kappa shape index (κ3) is 5.18. The van der Waals surface area contributed by atoms with Gasteiger partial charge in [-0.1, -0.05) is 42.5 Å². The number of amides is 1. The van der Waals surface area contributed by atoms with E-state index in [9.17, 15) is 14.7 Å². The van der Waals surface area contributed by atoms with Crippen LogP contribution >= 0.6 is 0 Å². The molecule has 188 valence electrons. The van der Waals surface area contributed by atoms with Crippen LogP contribution < -0.4 is 4.74 Å². The first-order chi connectivity index (χ1) is 18.0. The van der Waals surface area contributed by atoms with Crippen LogP contribution in [0, 0.1) is 6.92 Å². The molecular weight excluding hydrogens is 470 g/mol. The number of aryl methyl sites for hydroxylation is 2. The summed E-state index contributed by atoms with van der Waals surface area (Å²) in [6.07, 6.45) is 5.86. The predicted molar refractivity (Wildman–Crippen MR) is 136 cm³/mol. The quantitative estimate of drug-likeness (QED) is 0.309. The molecule has 0 aliphatic carbocycles. The van der Waals surface area contributed by atoms with E-state index in [0.717, 1.165) is 5.56 Å². The molecule has 2 aromatic heterocycles. The molecule has 8 heteroatoms. The van der Waals surface area contributed by atoms with Crippen molar-refractivity contribution in [3.05, 3.63) is 119 Å². The molecule has 0 bridgehead atoms. The highest BCUT2D eigenvalue weighted by Gasteiger charge is 2.44. The fourth-order valence-corrected chi connectivity index (χ4v) is 4.51. The molecule has 1 amide bonds. The maximum Gasteiger partial charge on any atom is 0.290 e. The maximum absolute atomic E-state index is 13.5. The van der Waals surface area contributed by atoms with Gasteiger partial charge in [0.2, 0.25) is 5.78 Å². The van der Waals surface area contributed by atoms with E-state index in [1.807, 2.05) is 65.4 Å². The standard InChI is InChI=1S/C29H27N3O5/c1-20-11-12-24(37-20)27(33)25-26(32(29(35)28(25)34)15-6-14-31-16-13-30-19-31)22-9-5-10-23(17-22)36-18-21-7-3-2-4-8-21/h2-5,7-13,16-17,19,26,34H,6,14-15,18H2,1H3. The minimum absolute atomic E-state index is 0.00203. The van der Waals surface area contributed by atoms with Crippen LogP contribution in [0.4, 0.5) is 0 Å². The molecule has 1 atom stereocenters. The first-order valence-electron chi connectivity index (χ1n) is 12.1. The van der Waals surface area contributed by atoms with Gasteiger partial charge in [0.25, 0.3) is 5.91 Å². The van der Waals surface area contributed by atoms with E-state index in [1.54, 1.807) is 31.6 Å². The fourth-order valence-electron chi connectivity index (χ4n) is 4.51. The van der Waals surface area contributed by atoms with Crippen LogP contribution in [-0.4, -0.2) is 37.8 Å². The van der Waals surface area contributed by atoms with Gasteiger partial charge in [-0.3, -0.25) is 9.59 Å². The molecule has 0 radical (unpaired) electrons. The van der Waals surface area contributed by atoms with Crippen LogP contribution in [0.2, 0.25) is 0 Å². The van der Waals surface area contributed by atoms with Gasteiger partial charge in [-0.15, -0.1) is 0 Å². The third-order valence-corrected chi connectivity index (χ3v) is 6.31. The van der Waals surface area contributed by atoms with Crippen LogP contribution in [0.5, 0.6) is 5.75 Å². The number of imidazole rings is 1. The van der Waals surface area contributed by atoms with Gasteiger partial charge in [-0.05, 0) is 48.7 Å². The van der Waals surface area contributed by atoms with E-state index in [1.165, 1.54) is 4.90 Å². The number of ketones is 1. The normalized spacial score (nSPS) is 15.4. The SMILES string of the molecule is Cc1ccc(C(=O)C2=C(O)C(=O)N(CCCn3ccnc3)C2c2cccc(OCc3ccccc3)c2)o1. The van der Waals surface area contributed by atoms with E-state index in [2.05, 4.69) is 4.98 Å². The summed E-state index contributed by atoms with van der Waals surface area (Å²) in [6.45, 7) is 3.08. The van der Waals surface area contributed by atoms with Crippen LogP contribution in [0.1, 0.15) is 39.9 Å². The van der Waals surface area contributed by atoms with Crippen molar-refractivity contribution in [2.45, 2.75) is 32.5 Å². The molecular formula is C29H27N3O5. The molecule has 8 nitrogen and oxygen atoms in total. The van der Waals surface area contributed by atoms with Crippen molar-refractivity contribution in [3.8, 4) is 5.75 Å². The van der Waals surface area contributed by atoms with Gasteiger partial charge in [0, 0.05) is 25.5 Å². The molecule has 1 unspecified atom stereocenters. The number of Topliss-reactive ketones (excluding diaryl/α,β-unsaturated/α-hetero) is 1. The molecule has 1 aliphatic heterocycles. The van der Waals surface area contributed by atoms with Crippen molar-refractivity contribution in [2.75, 3.05) is 6.54 Å². The Morgan fingerprint density at radius 3 is 2.65 bits per heavy atom. The molecule has 37 heavy (non-hydrogen) atoms. The first kappa shape index (κ1) is 24.1. The molecule has 1 N–H and O–H groups in total. The van der Waals surface area contributed by atoms with Gasteiger partial charge in [0.1, 0.15) is 18.1 Å². The Kier molecular flexibility index (Phi) is 6.89. The van der Waals surface area contributed by atoms with E-state index in [-0.39, 0.29) is 11.3 Å². The average Bonchev–Trinajstić information content (AvgIpc) is 3.65. The number of rotatable bonds is 10. The first-order valence-corrected chi connectivity index (χ1v) is 12.1. The summed E-state index contributed by atoms with van der Waals surface area (Å²) in [4.78, 5) is 32.3. The fraction of sp³-hybridized carbons (Fsp3) is 0.207. The Labute approximate surface area is 214 Å². The largest absolute Gasteiger partial charge is 0.503 e. The maximum atomic E-state index is 13.5. The van der Waals surface area contributed by atoms with Crippen molar-refractivity contribution in [1.29, 1.82) is 0 Å². The Morgan fingerprint density at radius 2 is 1.92 bits per heavy atom. The number of hydrogen-bond donors (Lipinski definition) is 1. The number of ether oxygens (including phenoxy) is 1. The van der Waals surface area contributed by atoms with E-state index in [0.29, 0.717) is 43.2 Å². The summed E-state index contributed by atoms with van der Waals surface area (Å²) in [7, 11) is 0. The summed E-state index contributed by atoms with van der Waals surface area (Å²) in [5, 5.41) is 10.9. The van der Waals surface area contributed by atoms with Crippen molar-refractivity contribution < 1.29 is 23.8 Å². The highest BCUT2D eigenvalue weighted by Crippen LogP contribution is 2.40. The minimum atomic E-state index is -0.784. The Morgan fingerprint density at radius 1 is 1.08 bits per heavy atom. The van der Waals surface area contributed by atoms with Gasteiger partial charge in [0.05, 0.1) is 17.9 Å². The number of carbonyl (C=O) groups is 2. The average molecular weight is 498 g/mol. The zero-order chi connectivity index (χ0) is 25.8.